The fourth-order valence-electron chi connectivity index (χ4n) is 3.11. The molecule has 5 rings (SSSR count). The van der Waals surface area contributed by atoms with E-state index in [1.807, 2.05) is 82.2 Å². The summed E-state index contributed by atoms with van der Waals surface area (Å²) in [6.07, 6.45) is 0. The predicted octanol–water partition coefficient (Wildman–Crippen LogP) is 3.32. The quantitative estimate of drug-likeness (QED) is 0.477. The van der Waals surface area contributed by atoms with E-state index in [4.69, 9.17) is 0 Å². The first-order chi connectivity index (χ1) is 13.9. The summed E-state index contributed by atoms with van der Waals surface area (Å²) >= 11 is 0. The molecule has 2 aromatic heterocycles. The highest BCUT2D eigenvalue weighted by atomic mass is 15.5. The minimum absolute atomic E-state index is 0.554. The summed E-state index contributed by atoms with van der Waals surface area (Å²) in [5.41, 5.74) is 5.82. The molecule has 5 aromatic rings. The molecule has 0 amide bonds. The molecule has 8 nitrogen and oxygen atoms in total. The number of hydrogen-bond acceptors (Lipinski definition) is 6. The Balaban J connectivity index is 1.22. The summed E-state index contributed by atoms with van der Waals surface area (Å²) in [4.78, 5) is 0. The van der Waals surface area contributed by atoms with E-state index in [1.165, 1.54) is 0 Å². The Morgan fingerprint density at radius 1 is 0.571 bits per heavy atom. The van der Waals surface area contributed by atoms with E-state index in [2.05, 4.69) is 31.3 Å². The zero-order chi connectivity index (χ0) is 18.8. The molecule has 0 spiro atoms. The van der Waals surface area contributed by atoms with Crippen molar-refractivity contribution >= 4 is 33.4 Å². The van der Waals surface area contributed by atoms with Gasteiger partial charge in [-0.25, -0.2) is 9.36 Å². The monoisotopic (exact) mass is 370 g/mol. The highest BCUT2D eigenvalue weighted by Crippen LogP contribution is 2.16. The molecule has 0 saturated heterocycles. The van der Waals surface area contributed by atoms with Crippen LogP contribution in [0.25, 0.3) is 22.1 Å². The normalized spacial score (nSPS) is 11.1. The number of nitrogens with one attached hydrogen (secondary N) is 2. The van der Waals surface area contributed by atoms with Crippen LogP contribution in [-0.2, 0) is 13.3 Å². The van der Waals surface area contributed by atoms with Crippen LogP contribution in [0.5, 0.6) is 0 Å². The van der Waals surface area contributed by atoms with Gasteiger partial charge in [-0.2, -0.15) is 0 Å². The Morgan fingerprint density at radius 3 is 1.46 bits per heavy atom. The van der Waals surface area contributed by atoms with E-state index in [1.54, 1.807) is 0 Å². The van der Waals surface area contributed by atoms with Gasteiger partial charge in [-0.05, 0) is 48.5 Å². The van der Waals surface area contributed by atoms with Crippen LogP contribution in [0.1, 0.15) is 0 Å². The lowest BCUT2D eigenvalue weighted by Crippen LogP contribution is -2.10. The number of rotatable bonds is 6. The highest BCUT2D eigenvalue weighted by Gasteiger charge is 2.04. The molecule has 3 aromatic carbocycles. The van der Waals surface area contributed by atoms with Crippen LogP contribution in [0.2, 0.25) is 0 Å². The Kier molecular flexibility index (Phi) is 4.06. The van der Waals surface area contributed by atoms with Crippen molar-refractivity contribution < 1.29 is 0 Å². The zero-order valence-corrected chi connectivity index (χ0v) is 15.0. The number of fused-ring (bicyclic) bond motifs is 2. The van der Waals surface area contributed by atoms with Crippen LogP contribution in [-0.4, -0.2) is 30.0 Å². The molecular formula is C20H18N8. The van der Waals surface area contributed by atoms with Crippen molar-refractivity contribution in [2.24, 2.45) is 0 Å². The first-order valence-electron chi connectivity index (χ1n) is 9.01. The molecular weight excluding hydrogens is 352 g/mol. The fourth-order valence-corrected chi connectivity index (χ4v) is 3.11. The van der Waals surface area contributed by atoms with Crippen molar-refractivity contribution in [3.63, 3.8) is 0 Å². The molecule has 2 N–H and O–H groups in total. The van der Waals surface area contributed by atoms with Crippen LogP contribution in [0.4, 0.5) is 11.4 Å². The first-order valence-corrected chi connectivity index (χ1v) is 9.01. The number of anilines is 2. The Hall–Kier alpha value is -3.94. The van der Waals surface area contributed by atoms with Crippen LogP contribution >= 0.6 is 0 Å². The molecule has 0 fully saturated rings. The van der Waals surface area contributed by atoms with Crippen LogP contribution < -0.4 is 10.6 Å². The maximum absolute atomic E-state index is 4.19. The largest absolute Gasteiger partial charge is 0.366 e. The predicted molar refractivity (Wildman–Crippen MR) is 109 cm³/mol. The van der Waals surface area contributed by atoms with Gasteiger partial charge in [0, 0.05) is 11.4 Å². The molecule has 0 aliphatic rings. The molecule has 0 aliphatic heterocycles. The van der Waals surface area contributed by atoms with Gasteiger partial charge in [0.1, 0.15) is 24.4 Å². The fraction of sp³-hybridized carbons (Fsp3) is 0.100. The second-order valence-corrected chi connectivity index (χ2v) is 6.40. The van der Waals surface area contributed by atoms with Gasteiger partial charge in [-0.3, -0.25) is 0 Å². The third-order valence-corrected chi connectivity index (χ3v) is 4.59. The van der Waals surface area contributed by atoms with Gasteiger partial charge in [-0.15, -0.1) is 10.2 Å². The lowest BCUT2D eigenvalue weighted by atomic mass is 10.3. The number of aromatic nitrogens is 6. The second kappa shape index (κ2) is 6.99. The van der Waals surface area contributed by atoms with Gasteiger partial charge in [0.15, 0.2) is 0 Å². The van der Waals surface area contributed by atoms with Gasteiger partial charge >= 0.3 is 0 Å². The van der Waals surface area contributed by atoms with Crippen molar-refractivity contribution in [3.8, 4) is 0 Å². The molecule has 8 heteroatoms. The van der Waals surface area contributed by atoms with E-state index < -0.39 is 0 Å². The standard InChI is InChI=1S/C20H18N8/c1-3-7-19-17(5-1)23-25-27(19)13-21-15-9-11-16(12-10-15)22-14-28-20-8-4-2-6-18(20)24-26-28/h1-12,21-22H,13-14H2. The summed E-state index contributed by atoms with van der Waals surface area (Å²) in [6.45, 7) is 1.11. The lowest BCUT2D eigenvalue weighted by Gasteiger charge is -2.10. The molecule has 138 valence electrons. The van der Waals surface area contributed by atoms with Crippen LogP contribution in [0, 0.1) is 0 Å². The highest BCUT2D eigenvalue weighted by molar-refractivity contribution is 5.74. The van der Waals surface area contributed by atoms with Crippen molar-refractivity contribution in [2.75, 3.05) is 10.6 Å². The van der Waals surface area contributed by atoms with E-state index in [9.17, 15) is 0 Å². The number of benzene rings is 3. The molecule has 0 bridgehead atoms. The average Bonchev–Trinajstić information content (AvgIpc) is 3.36. The number of para-hydroxylation sites is 2. The van der Waals surface area contributed by atoms with Gasteiger partial charge < -0.3 is 10.6 Å². The lowest BCUT2D eigenvalue weighted by molar-refractivity contribution is 0.654. The van der Waals surface area contributed by atoms with Gasteiger partial charge in [0.25, 0.3) is 0 Å². The van der Waals surface area contributed by atoms with E-state index >= 15 is 0 Å². The minimum Gasteiger partial charge on any atom is -0.366 e. The van der Waals surface area contributed by atoms with Crippen LogP contribution in [0.3, 0.4) is 0 Å². The Morgan fingerprint density at radius 2 is 1.00 bits per heavy atom. The van der Waals surface area contributed by atoms with Gasteiger partial charge in [0.05, 0.1) is 11.0 Å². The summed E-state index contributed by atoms with van der Waals surface area (Å²) in [5.74, 6) is 0. The maximum Gasteiger partial charge on any atom is 0.113 e. The zero-order valence-electron chi connectivity index (χ0n) is 15.0. The topological polar surface area (TPSA) is 85.5 Å². The Labute approximate surface area is 160 Å². The summed E-state index contributed by atoms with van der Waals surface area (Å²) in [6, 6.07) is 23.9. The minimum atomic E-state index is 0.554. The molecule has 2 heterocycles. The molecule has 0 aliphatic carbocycles. The summed E-state index contributed by atoms with van der Waals surface area (Å²) < 4.78 is 3.69. The van der Waals surface area contributed by atoms with Crippen molar-refractivity contribution in [1.29, 1.82) is 0 Å². The van der Waals surface area contributed by atoms with Crippen molar-refractivity contribution in [1.82, 2.24) is 30.0 Å². The van der Waals surface area contributed by atoms with E-state index in [0.717, 1.165) is 33.4 Å². The maximum atomic E-state index is 4.19. The summed E-state index contributed by atoms with van der Waals surface area (Å²) in [5, 5.41) is 23.4. The third-order valence-electron chi connectivity index (χ3n) is 4.59. The summed E-state index contributed by atoms with van der Waals surface area (Å²) in [7, 11) is 0. The number of nitrogens with zero attached hydrogens (tertiary/aromatic N) is 6. The van der Waals surface area contributed by atoms with Crippen molar-refractivity contribution in [2.45, 2.75) is 13.3 Å². The van der Waals surface area contributed by atoms with E-state index in [0.29, 0.717) is 13.3 Å². The van der Waals surface area contributed by atoms with Crippen molar-refractivity contribution in [3.05, 3.63) is 72.8 Å². The first kappa shape index (κ1) is 16.2. The molecule has 0 radical (unpaired) electrons. The molecule has 0 atom stereocenters. The molecule has 0 saturated carbocycles. The average molecular weight is 370 g/mol. The SMILES string of the molecule is c1ccc2c(c1)nnn2CNc1ccc(NCn2nnc3ccccc32)cc1. The molecule has 28 heavy (non-hydrogen) atoms. The number of hydrogen-bond donors (Lipinski definition) is 2. The smallest absolute Gasteiger partial charge is 0.113 e. The second-order valence-electron chi connectivity index (χ2n) is 6.40. The van der Waals surface area contributed by atoms with Gasteiger partial charge in [-0.1, -0.05) is 34.7 Å². The molecule has 0 unspecified atom stereocenters. The third kappa shape index (κ3) is 3.11. The Bertz CT molecular complexity index is 1120. The van der Waals surface area contributed by atoms with E-state index in [-0.39, 0.29) is 0 Å². The van der Waals surface area contributed by atoms with Gasteiger partial charge in [0.2, 0.25) is 0 Å². The van der Waals surface area contributed by atoms with Crippen LogP contribution in [0.15, 0.2) is 72.8 Å².